The van der Waals surface area contributed by atoms with Crippen molar-refractivity contribution in [3.8, 4) is 0 Å². The molecular formula is C25H35ClN2O. The zero-order valence-electron chi connectivity index (χ0n) is 17.9. The molecule has 1 aliphatic carbocycles. The third kappa shape index (κ3) is 4.90. The molecule has 4 heteroatoms. The summed E-state index contributed by atoms with van der Waals surface area (Å²) >= 11 is 0. The molecule has 0 atom stereocenters. The van der Waals surface area contributed by atoms with Gasteiger partial charge < -0.3 is 9.32 Å². The molecule has 2 aliphatic rings. The number of allylic oxidation sites excluding steroid dienone is 2. The highest BCUT2D eigenvalue weighted by molar-refractivity contribution is 5.85. The minimum atomic E-state index is 0. The fourth-order valence-corrected chi connectivity index (χ4v) is 4.89. The van der Waals surface area contributed by atoms with E-state index in [0.29, 0.717) is 5.41 Å². The number of halogens is 1. The third-order valence-electron chi connectivity index (χ3n) is 7.16. The van der Waals surface area contributed by atoms with Crippen molar-refractivity contribution in [1.29, 1.82) is 0 Å². The molecule has 1 aromatic carbocycles. The smallest absolute Gasteiger partial charge is 0.0947 e. The van der Waals surface area contributed by atoms with Crippen LogP contribution in [0.25, 0.3) is 5.57 Å². The summed E-state index contributed by atoms with van der Waals surface area (Å²) in [4.78, 5) is 5.12. The zero-order valence-corrected chi connectivity index (χ0v) is 18.7. The van der Waals surface area contributed by atoms with Crippen molar-refractivity contribution in [2.45, 2.75) is 52.5 Å². The summed E-state index contributed by atoms with van der Waals surface area (Å²) in [5.41, 5.74) is 6.27. The van der Waals surface area contributed by atoms with Crippen LogP contribution in [0, 0.1) is 5.41 Å². The van der Waals surface area contributed by atoms with Crippen LogP contribution in [0.15, 0.2) is 53.4 Å². The SMILES string of the molecule is CCC1(CC)CC=C(c2ccccc2N2CCN(Cc3ccoc3)CC2)CC1.Cl. The Morgan fingerprint density at radius 3 is 2.38 bits per heavy atom. The Hall–Kier alpha value is -1.71. The van der Waals surface area contributed by atoms with Crippen molar-refractivity contribution in [1.82, 2.24) is 4.90 Å². The van der Waals surface area contributed by atoms with Gasteiger partial charge in [0.1, 0.15) is 0 Å². The molecule has 1 aromatic heterocycles. The third-order valence-corrected chi connectivity index (χ3v) is 7.16. The van der Waals surface area contributed by atoms with Crippen LogP contribution in [0.4, 0.5) is 5.69 Å². The van der Waals surface area contributed by atoms with Crippen LogP contribution in [0.3, 0.4) is 0 Å². The number of para-hydroxylation sites is 1. The van der Waals surface area contributed by atoms with E-state index in [1.165, 1.54) is 48.9 Å². The lowest BCUT2D eigenvalue weighted by molar-refractivity contribution is 0.238. The Kier molecular flexibility index (Phi) is 7.48. The number of anilines is 1. The second kappa shape index (κ2) is 9.86. The van der Waals surface area contributed by atoms with E-state index >= 15 is 0 Å². The summed E-state index contributed by atoms with van der Waals surface area (Å²) < 4.78 is 5.22. The van der Waals surface area contributed by atoms with Crippen LogP contribution in [-0.4, -0.2) is 31.1 Å². The highest BCUT2D eigenvalue weighted by atomic mass is 35.5. The van der Waals surface area contributed by atoms with Crippen LogP contribution in [0.1, 0.15) is 57.1 Å². The molecular weight excluding hydrogens is 380 g/mol. The topological polar surface area (TPSA) is 19.6 Å². The Labute approximate surface area is 182 Å². The molecule has 0 bridgehead atoms. The van der Waals surface area contributed by atoms with E-state index in [1.54, 1.807) is 11.8 Å². The summed E-state index contributed by atoms with van der Waals surface area (Å²) in [6.45, 7) is 10.1. The molecule has 4 rings (SSSR count). The van der Waals surface area contributed by atoms with Crippen molar-refractivity contribution < 1.29 is 4.42 Å². The van der Waals surface area contributed by atoms with E-state index in [9.17, 15) is 0 Å². The Bertz CT molecular complexity index is 787. The van der Waals surface area contributed by atoms with Crippen LogP contribution >= 0.6 is 12.4 Å². The van der Waals surface area contributed by atoms with E-state index in [1.807, 2.05) is 6.26 Å². The molecule has 0 saturated carbocycles. The standard InChI is InChI=1S/C25H34N2O.ClH/c1-3-25(4-2)12-9-22(10-13-25)23-7-5-6-8-24(23)27-16-14-26(15-17-27)19-21-11-18-28-20-21;/h5-9,11,18,20H,3-4,10,12-17,19H2,1-2H3;1H. The molecule has 1 aliphatic heterocycles. The van der Waals surface area contributed by atoms with E-state index in [4.69, 9.17) is 4.42 Å². The van der Waals surface area contributed by atoms with Crippen molar-refractivity contribution in [3.63, 3.8) is 0 Å². The lowest BCUT2D eigenvalue weighted by Gasteiger charge is -2.38. The normalized spacial score (nSPS) is 19.5. The van der Waals surface area contributed by atoms with Crippen LogP contribution < -0.4 is 4.90 Å². The van der Waals surface area contributed by atoms with Gasteiger partial charge in [-0.25, -0.2) is 0 Å². The first kappa shape index (κ1) is 22.0. The summed E-state index contributed by atoms with van der Waals surface area (Å²) in [5.74, 6) is 0. The van der Waals surface area contributed by atoms with E-state index < -0.39 is 0 Å². The first-order valence-corrected chi connectivity index (χ1v) is 11.0. The number of furan rings is 1. The van der Waals surface area contributed by atoms with Crippen LogP contribution in [0.5, 0.6) is 0 Å². The van der Waals surface area contributed by atoms with Gasteiger partial charge in [0.2, 0.25) is 0 Å². The van der Waals surface area contributed by atoms with Crippen LogP contribution in [-0.2, 0) is 6.54 Å². The number of hydrogen-bond donors (Lipinski definition) is 0. The van der Waals surface area contributed by atoms with Crippen molar-refractivity contribution in [2.24, 2.45) is 5.41 Å². The first-order chi connectivity index (χ1) is 13.7. The lowest BCUT2D eigenvalue weighted by atomic mass is 9.70. The molecule has 2 aromatic rings. The molecule has 1 fully saturated rings. The summed E-state index contributed by atoms with van der Waals surface area (Å²) in [6.07, 6.45) is 12.6. The average molecular weight is 415 g/mol. The predicted octanol–water partition coefficient (Wildman–Crippen LogP) is 6.40. The molecule has 0 spiro atoms. The van der Waals surface area contributed by atoms with Gasteiger partial charge in [-0.1, -0.05) is 51.0 Å². The second-order valence-corrected chi connectivity index (χ2v) is 8.55. The number of nitrogens with zero attached hydrogens (tertiary/aromatic N) is 2. The van der Waals surface area contributed by atoms with E-state index in [0.717, 1.165) is 32.7 Å². The summed E-state index contributed by atoms with van der Waals surface area (Å²) in [6, 6.07) is 11.1. The quantitative estimate of drug-likeness (QED) is 0.545. The number of piperazine rings is 1. The van der Waals surface area contributed by atoms with Gasteiger partial charge in [0.05, 0.1) is 12.5 Å². The predicted molar refractivity (Wildman–Crippen MR) is 125 cm³/mol. The van der Waals surface area contributed by atoms with E-state index in [2.05, 4.69) is 60.1 Å². The maximum atomic E-state index is 5.22. The van der Waals surface area contributed by atoms with Gasteiger partial charge in [-0.2, -0.15) is 0 Å². The van der Waals surface area contributed by atoms with Crippen molar-refractivity contribution in [2.75, 3.05) is 31.1 Å². The Morgan fingerprint density at radius 2 is 1.76 bits per heavy atom. The minimum Gasteiger partial charge on any atom is -0.472 e. The van der Waals surface area contributed by atoms with Gasteiger partial charge in [-0.3, -0.25) is 4.90 Å². The first-order valence-electron chi connectivity index (χ1n) is 11.0. The highest BCUT2D eigenvalue weighted by Crippen LogP contribution is 2.44. The van der Waals surface area contributed by atoms with Gasteiger partial charge in [-0.05, 0) is 42.4 Å². The van der Waals surface area contributed by atoms with E-state index in [-0.39, 0.29) is 12.4 Å². The van der Waals surface area contributed by atoms with Crippen molar-refractivity contribution >= 4 is 23.7 Å². The monoisotopic (exact) mass is 414 g/mol. The molecule has 3 nitrogen and oxygen atoms in total. The highest BCUT2D eigenvalue weighted by Gasteiger charge is 2.29. The zero-order chi connectivity index (χ0) is 19.4. The van der Waals surface area contributed by atoms with Crippen molar-refractivity contribution in [3.05, 3.63) is 60.1 Å². The molecule has 0 amide bonds. The van der Waals surface area contributed by atoms with Gasteiger partial charge in [-0.15, -0.1) is 12.4 Å². The van der Waals surface area contributed by atoms with Gasteiger partial charge >= 0.3 is 0 Å². The molecule has 0 N–H and O–H groups in total. The Balaban J connectivity index is 0.00000240. The number of rotatable bonds is 6. The molecule has 0 unspecified atom stereocenters. The molecule has 29 heavy (non-hydrogen) atoms. The molecule has 2 heterocycles. The average Bonchev–Trinajstić information content (AvgIpc) is 3.27. The largest absolute Gasteiger partial charge is 0.472 e. The summed E-state index contributed by atoms with van der Waals surface area (Å²) in [5, 5.41) is 0. The second-order valence-electron chi connectivity index (χ2n) is 8.55. The summed E-state index contributed by atoms with van der Waals surface area (Å²) in [7, 11) is 0. The fourth-order valence-electron chi connectivity index (χ4n) is 4.89. The molecule has 158 valence electrons. The Morgan fingerprint density at radius 1 is 1.00 bits per heavy atom. The van der Waals surface area contributed by atoms with Gasteiger partial charge in [0.15, 0.2) is 0 Å². The maximum absolute atomic E-state index is 5.22. The van der Waals surface area contributed by atoms with Gasteiger partial charge in [0, 0.05) is 49.5 Å². The number of hydrogen-bond acceptors (Lipinski definition) is 3. The fraction of sp³-hybridized carbons (Fsp3) is 0.520. The number of benzene rings is 1. The minimum absolute atomic E-state index is 0. The van der Waals surface area contributed by atoms with Crippen LogP contribution in [0.2, 0.25) is 0 Å². The molecule has 1 saturated heterocycles. The maximum Gasteiger partial charge on any atom is 0.0947 e. The van der Waals surface area contributed by atoms with Gasteiger partial charge in [0.25, 0.3) is 0 Å². The lowest BCUT2D eigenvalue weighted by Crippen LogP contribution is -2.46. The molecule has 0 radical (unpaired) electrons.